The molecule has 0 atom stereocenters. The Morgan fingerprint density at radius 1 is 0.214 bits per heavy atom. The first-order chi connectivity index (χ1) is 27.8. The third kappa shape index (κ3) is 4.70. The van der Waals surface area contributed by atoms with Crippen molar-refractivity contribution in [1.29, 1.82) is 0 Å². The second kappa shape index (κ2) is 12.5. The average Bonchev–Trinajstić information content (AvgIpc) is 3.79. The van der Waals surface area contributed by atoms with Crippen molar-refractivity contribution in [2.75, 3.05) is 0 Å². The van der Waals surface area contributed by atoms with Crippen LogP contribution in [0, 0.1) is 0 Å². The maximum atomic E-state index is 2.51. The maximum Gasteiger partial charge on any atom is 0.0542 e. The highest BCUT2D eigenvalue weighted by molar-refractivity contribution is 7.36. The molecule has 10 aromatic carbocycles. The minimum absolute atomic E-state index is 1.25. The van der Waals surface area contributed by atoms with Crippen LogP contribution in [0.15, 0.2) is 194 Å². The molecule has 0 saturated carbocycles. The van der Waals surface area contributed by atoms with Crippen LogP contribution in [0.25, 0.3) is 117 Å². The molecule has 0 aliphatic carbocycles. The molecular weight excluding hydrogens is 713 g/mol. The highest BCUT2D eigenvalue weighted by Crippen LogP contribution is 2.52. The number of hydrogen-bond donors (Lipinski definition) is 0. The van der Waals surface area contributed by atoms with Crippen molar-refractivity contribution in [3.05, 3.63) is 194 Å². The molecule has 0 N–H and O–H groups in total. The summed E-state index contributed by atoms with van der Waals surface area (Å²) in [7, 11) is 0. The first kappa shape index (κ1) is 31.7. The Bertz CT molecular complexity index is 3250. The van der Waals surface area contributed by atoms with Gasteiger partial charge in [0, 0.05) is 20.2 Å². The van der Waals surface area contributed by atoms with E-state index in [0.717, 1.165) is 0 Å². The van der Waals surface area contributed by atoms with E-state index in [1.54, 1.807) is 0 Å². The van der Waals surface area contributed by atoms with Crippen LogP contribution >= 0.6 is 22.7 Å². The monoisotopic (exact) mass is 744 g/mol. The van der Waals surface area contributed by atoms with E-state index in [4.69, 9.17) is 0 Å². The van der Waals surface area contributed by atoms with Gasteiger partial charge in [0.25, 0.3) is 0 Å². The topological polar surface area (TPSA) is 0 Å². The number of thiophene rings is 2. The Balaban J connectivity index is 1.23. The second-order valence-electron chi connectivity index (χ2n) is 14.7. The first-order valence-electron chi connectivity index (χ1n) is 19.2. The normalized spacial score (nSPS) is 11.9. The molecular formula is C54H32S2. The van der Waals surface area contributed by atoms with E-state index < -0.39 is 0 Å². The third-order valence-electron chi connectivity index (χ3n) is 11.6. The van der Waals surface area contributed by atoms with Crippen molar-refractivity contribution >= 4 is 95.3 Å². The van der Waals surface area contributed by atoms with E-state index in [9.17, 15) is 0 Å². The predicted molar refractivity (Wildman–Crippen MR) is 246 cm³/mol. The molecule has 56 heavy (non-hydrogen) atoms. The molecule has 260 valence electrons. The summed E-state index contributed by atoms with van der Waals surface area (Å²) in [4.78, 5) is 0. The van der Waals surface area contributed by atoms with E-state index >= 15 is 0 Å². The minimum atomic E-state index is 1.25. The van der Waals surface area contributed by atoms with Gasteiger partial charge in [-0.05, 0) is 112 Å². The van der Waals surface area contributed by atoms with E-state index in [1.165, 1.54) is 117 Å². The van der Waals surface area contributed by atoms with Gasteiger partial charge in [0.05, 0.1) is 9.40 Å². The lowest BCUT2D eigenvalue weighted by Gasteiger charge is -2.18. The summed E-state index contributed by atoms with van der Waals surface area (Å²) in [5.74, 6) is 0. The zero-order valence-corrected chi connectivity index (χ0v) is 31.9. The molecule has 2 heteroatoms. The summed E-state index contributed by atoms with van der Waals surface area (Å²) in [5, 5.41) is 13.0. The van der Waals surface area contributed by atoms with Crippen molar-refractivity contribution in [2.45, 2.75) is 0 Å². The summed E-state index contributed by atoms with van der Waals surface area (Å²) >= 11 is 3.90. The quantitative estimate of drug-likeness (QED) is 0.157. The minimum Gasteiger partial charge on any atom is -0.134 e. The van der Waals surface area contributed by atoms with Crippen LogP contribution in [0.4, 0.5) is 0 Å². The molecule has 0 bridgehead atoms. The van der Waals surface area contributed by atoms with Crippen LogP contribution < -0.4 is 0 Å². The van der Waals surface area contributed by atoms with E-state index in [-0.39, 0.29) is 0 Å². The van der Waals surface area contributed by atoms with Gasteiger partial charge in [-0.25, -0.2) is 0 Å². The van der Waals surface area contributed by atoms with Gasteiger partial charge in [-0.2, -0.15) is 0 Å². The Morgan fingerprint density at radius 2 is 0.464 bits per heavy atom. The van der Waals surface area contributed by atoms with Crippen molar-refractivity contribution in [2.24, 2.45) is 0 Å². The molecule has 0 nitrogen and oxygen atoms in total. The van der Waals surface area contributed by atoms with E-state index in [1.807, 2.05) is 22.7 Å². The lowest BCUT2D eigenvalue weighted by Crippen LogP contribution is -1.90. The van der Waals surface area contributed by atoms with Gasteiger partial charge in [-0.15, -0.1) is 22.7 Å². The van der Waals surface area contributed by atoms with Crippen LogP contribution in [0.3, 0.4) is 0 Å². The van der Waals surface area contributed by atoms with E-state index in [2.05, 4.69) is 194 Å². The SMILES string of the molecule is c1ccc(-c2c3ccccc3c(-c3ccccc3)c3cc4c(cc23)sc2c3cc5c(-c6ccccc6)c6ccccc6c(-c6ccccc6)c5cc3sc42)cc1. The van der Waals surface area contributed by atoms with Gasteiger partial charge in [0.15, 0.2) is 0 Å². The average molecular weight is 745 g/mol. The summed E-state index contributed by atoms with van der Waals surface area (Å²) in [6.07, 6.45) is 0. The summed E-state index contributed by atoms with van der Waals surface area (Å²) < 4.78 is 5.41. The largest absolute Gasteiger partial charge is 0.134 e. The second-order valence-corrected chi connectivity index (χ2v) is 16.8. The molecule has 0 unspecified atom stereocenters. The fourth-order valence-electron chi connectivity index (χ4n) is 9.26. The van der Waals surface area contributed by atoms with E-state index in [0.29, 0.717) is 0 Å². The van der Waals surface area contributed by atoms with Crippen molar-refractivity contribution in [3.63, 3.8) is 0 Å². The molecule has 12 rings (SSSR count). The molecule has 12 aromatic rings. The summed E-state index contributed by atoms with van der Waals surface area (Å²) in [6, 6.07) is 71.8. The van der Waals surface area contributed by atoms with Gasteiger partial charge in [-0.3, -0.25) is 0 Å². The Kier molecular flexibility index (Phi) is 7.07. The number of benzene rings is 10. The molecule has 0 saturated heterocycles. The van der Waals surface area contributed by atoms with Crippen LogP contribution in [-0.2, 0) is 0 Å². The number of hydrogen-bond acceptors (Lipinski definition) is 2. The molecule has 0 amide bonds. The highest BCUT2D eigenvalue weighted by atomic mass is 32.1. The van der Waals surface area contributed by atoms with Gasteiger partial charge in [-0.1, -0.05) is 170 Å². The summed E-state index contributed by atoms with van der Waals surface area (Å²) in [5.41, 5.74) is 10.2. The lowest BCUT2D eigenvalue weighted by atomic mass is 9.85. The Morgan fingerprint density at radius 3 is 0.750 bits per heavy atom. The zero-order valence-electron chi connectivity index (χ0n) is 30.3. The van der Waals surface area contributed by atoms with Crippen LogP contribution in [0.1, 0.15) is 0 Å². The highest BCUT2D eigenvalue weighted by Gasteiger charge is 2.22. The predicted octanol–water partition coefficient (Wildman–Crippen LogP) is 16.5. The number of rotatable bonds is 4. The molecule has 0 aliphatic heterocycles. The number of fused-ring (bicyclic) bond motifs is 9. The smallest absolute Gasteiger partial charge is 0.0542 e. The molecule has 0 radical (unpaired) electrons. The van der Waals surface area contributed by atoms with Crippen LogP contribution in [-0.4, -0.2) is 0 Å². The maximum absolute atomic E-state index is 2.51. The molecule has 0 spiro atoms. The van der Waals surface area contributed by atoms with Gasteiger partial charge in [0.1, 0.15) is 0 Å². The van der Waals surface area contributed by atoms with Crippen molar-refractivity contribution in [3.8, 4) is 44.5 Å². The van der Waals surface area contributed by atoms with Gasteiger partial charge < -0.3 is 0 Å². The Labute approximate surface area is 332 Å². The Hall–Kier alpha value is -6.58. The molecule has 2 heterocycles. The zero-order chi connectivity index (χ0) is 36.7. The van der Waals surface area contributed by atoms with Crippen molar-refractivity contribution < 1.29 is 0 Å². The molecule has 0 fully saturated rings. The van der Waals surface area contributed by atoms with Gasteiger partial charge in [0.2, 0.25) is 0 Å². The van der Waals surface area contributed by atoms with Gasteiger partial charge >= 0.3 is 0 Å². The molecule has 0 aliphatic rings. The van der Waals surface area contributed by atoms with Crippen LogP contribution in [0.5, 0.6) is 0 Å². The first-order valence-corrected chi connectivity index (χ1v) is 20.8. The van der Waals surface area contributed by atoms with Crippen LogP contribution in [0.2, 0.25) is 0 Å². The van der Waals surface area contributed by atoms with Crippen molar-refractivity contribution in [1.82, 2.24) is 0 Å². The fourth-order valence-corrected chi connectivity index (χ4v) is 11.9. The fraction of sp³-hybridized carbons (Fsp3) is 0. The lowest BCUT2D eigenvalue weighted by molar-refractivity contribution is 1.66. The standard InChI is InChI=1S/C54H32S2/c1-5-17-33(18-6-1)49-37-25-13-15-27-39(37)51(35-21-9-3-10-22-35)43-31-47-45(29-41(43)49)53-54(55-47)46-30-42-44(32-48(46)56-53)52(36-23-11-4-12-24-36)40-28-16-14-26-38(40)50(42)34-19-7-2-8-20-34/h1-32H. The summed E-state index contributed by atoms with van der Waals surface area (Å²) in [6.45, 7) is 0. The third-order valence-corrected chi connectivity index (χ3v) is 14.1. The molecule has 2 aromatic heterocycles.